The van der Waals surface area contributed by atoms with E-state index in [1.165, 1.54) is 14.7 Å². The molecule has 6 amide bonds. The maximum Gasteiger partial charge on any atom is 0.411 e. The van der Waals surface area contributed by atoms with E-state index in [-0.39, 0.29) is 70.3 Å². The smallest absolute Gasteiger partial charge is 0.411 e. The molecule has 0 aliphatic rings. The van der Waals surface area contributed by atoms with Gasteiger partial charge >= 0.3 is 12.1 Å². The number of amides is 6. The van der Waals surface area contributed by atoms with E-state index in [0.29, 0.717) is 0 Å². The van der Waals surface area contributed by atoms with Crippen molar-refractivity contribution in [2.75, 3.05) is 39.3 Å². The van der Waals surface area contributed by atoms with E-state index < -0.39 is 77.2 Å². The Morgan fingerprint density at radius 1 is 0.299 bits per heavy atom. The first-order chi connectivity index (χ1) is 41.3. The Balaban J connectivity index is 1.31. The zero-order chi connectivity index (χ0) is 63.4. The molecule has 15 heteroatoms. The largest absolute Gasteiger partial charge is 0.460 e. The van der Waals surface area contributed by atoms with Crippen LogP contribution in [-0.4, -0.2) is 121 Å². The lowest BCUT2D eigenvalue weighted by Gasteiger charge is -2.37. The van der Waals surface area contributed by atoms with E-state index in [1.807, 2.05) is 224 Å². The van der Waals surface area contributed by atoms with Crippen LogP contribution >= 0.6 is 0 Å². The highest BCUT2D eigenvalue weighted by Gasteiger charge is 2.36. The van der Waals surface area contributed by atoms with Crippen LogP contribution in [0.4, 0.5) is 4.79 Å². The number of benzene rings is 6. The fraction of sp³-hybridized carbons (Fsp3) is 0.403. The average molecular weight is 1180 g/mol. The monoisotopic (exact) mass is 1180 g/mol. The van der Waals surface area contributed by atoms with Crippen molar-refractivity contribution in [2.45, 2.75) is 150 Å². The highest BCUT2D eigenvalue weighted by atomic mass is 16.6. The topological polar surface area (TPSA) is 157 Å². The van der Waals surface area contributed by atoms with Crippen molar-refractivity contribution in [1.82, 2.24) is 29.4 Å². The van der Waals surface area contributed by atoms with Gasteiger partial charge in [-0.3, -0.25) is 33.7 Å². The minimum atomic E-state index is -0.850. The Morgan fingerprint density at radius 3 is 0.770 bits per heavy atom. The Morgan fingerprint density at radius 2 is 0.517 bits per heavy atom. The van der Waals surface area contributed by atoms with Crippen molar-refractivity contribution < 1.29 is 43.0 Å². The highest BCUT2D eigenvalue weighted by molar-refractivity contribution is 5.88. The fourth-order valence-corrected chi connectivity index (χ4v) is 10.7. The standard InChI is InChI=1S/C72H90N6O9/c1-52(58-31-19-13-20-32-58)73(46-43-64(79)77(56(5)62-39-27-17-28-40-62)50-67(82)75(48-45-69(84)86-71(7,8)9)54(3)60-35-23-15-24-36-60)66(81)49-76(55(4)61-37-25-16-26-38-61)65(80)44-47-74(53(2)59-33-21-14-22-34-59)68(83)51-78(70(85)87-72(10,11)12)57(6)63-41-29-18-30-42-63/h13-42,52-57H,43-51H2,1-12H3/t52-,53-,54-,55-,56-,57-/m0/s1. The quantitative estimate of drug-likeness (QED) is 0.0458. The molecule has 6 rings (SSSR count). The van der Waals surface area contributed by atoms with E-state index >= 15 is 14.4 Å². The number of hydrogen-bond donors (Lipinski definition) is 0. The second-order valence-corrected chi connectivity index (χ2v) is 24.3. The molecule has 6 aromatic carbocycles. The Hall–Kier alpha value is -8.59. The molecule has 0 saturated heterocycles. The fourth-order valence-electron chi connectivity index (χ4n) is 10.7. The van der Waals surface area contributed by atoms with Gasteiger partial charge in [-0.05, 0) is 116 Å². The number of nitrogens with zero attached hydrogens (tertiary/aromatic N) is 6. The first-order valence-electron chi connectivity index (χ1n) is 30.3. The summed E-state index contributed by atoms with van der Waals surface area (Å²) in [5, 5.41) is 0. The van der Waals surface area contributed by atoms with Crippen LogP contribution in [-0.2, 0) is 38.2 Å². The number of carbonyl (C=O) groups is 7. The lowest BCUT2D eigenvalue weighted by atomic mass is 10.0. The van der Waals surface area contributed by atoms with Crippen molar-refractivity contribution in [3.63, 3.8) is 0 Å². The predicted octanol–water partition coefficient (Wildman–Crippen LogP) is 13.4. The minimum Gasteiger partial charge on any atom is -0.460 e. The van der Waals surface area contributed by atoms with Gasteiger partial charge in [0.1, 0.15) is 30.8 Å². The summed E-state index contributed by atoms with van der Waals surface area (Å²) >= 11 is 0. The number of ether oxygens (including phenoxy) is 2. The third kappa shape index (κ3) is 20.0. The van der Waals surface area contributed by atoms with Crippen molar-refractivity contribution in [3.8, 4) is 0 Å². The van der Waals surface area contributed by atoms with Gasteiger partial charge < -0.3 is 34.0 Å². The van der Waals surface area contributed by atoms with E-state index in [9.17, 15) is 19.2 Å². The molecule has 87 heavy (non-hydrogen) atoms. The number of carbonyl (C=O) groups excluding carboxylic acids is 7. The molecule has 0 aromatic heterocycles. The van der Waals surface area contributed by atoms with Crippen LogP contribution in [0.15, 0.2) is 182 Å². The number of esters is 1. The maximum absolute atomic E-state index is 15.4. The molecular weight excluding hydrogens is 1090 g/mol. The number of rotatable bonds is 27. The molecule has 0 heterocycles. The van der Waals surface area contributed by atoms with Crippen LogP contribution in [0.3, 0.4) is 0 Å². The Kier molecular flexibility index (Phi) is 24.6. The molecule has 0 aliphatic carbocycles. The summed E-state index contributed by atoms with van der Waals surface area (Å²) in [6, 6.07) is 53.4. The summed E-state index contributed by atoms with van der Waals surface area (Å²) in [7, 11) is 0. The third-order valence-electron chi connectivity index (χ3n) is 15.8. The van der Waals surface area contributed by atoms with E-state index in [0.717, 1.165) is 33.4 Å². The van der Waals surface area contributed by atoms with Gasteiger partial charge in [-0.2, -0.15) is 0 Å². The second kappa shape index (κ2) is 31.7. The van der Waals surface area contributed by atoms with Crippen LogP contribution in [0.5, 0.6) is 0 Å². The van der Waals surface area contributed by atoms with Crippen LogP contribution in [0.2, 0.25) is 0 Å². The van der Waals surface area contributed by atoms with Crippen LogP contribution in [0.1, 0.15) is 172 Å². The molecule has 15 nitrogen and oxygen atoms in total. The van der Waals surface area contributed by atoms with Gasteiger partial charge in [0, 0.05) is 32.5 Å². The van der Waals surface area contributed by atoms with Crippen LogP contribution in [0.25, 0.3) is 0 Å². The van der Waals surface area contributed by atoms with Gasteiger partial charge in [0.15, 0.2) is 0 Å². The highest BCUT2D eigenvalue weighted by Crippen LogP contribution is 2.30. The van der Waals surface area contributed by atoms with Crippen molar-refractivity contribution in [1.29, 1.82) is 0 Å². The Bertz CT molecular complexity index is 3160. The molecule has 0 radical (unpaired) electrons. The van der Waals surface area contributed by atoms with Crippen molar-refractivity contribution >= 4 is 41.6 Å². The first kappa shape index (κ1) is 67.5. The lowest BCUT2D eigenvalue weighted by molar-refractivity contribution is -0.156. The molecule has 0 bridgehead atoms. The van der Waals surface area contributed by atoms with Gasteiger partial charge in [0.25, 0.3) is 0 Å². The molecular formula is C72H90N6O9. The zero-order valence-electron chi connectivity index (χ0n) is 53.0. The molecule has 0 saturated carbocycles. The van der Waals surface area contributed by atoms with Gasteiger partial charge in [0.2, 0.25) is 29.5 Å². The summed E-state index contributed by atoms with van der Waals surface area (Å²) in [6.45, 7) is 20.8. The summed E-state index contributed by atoms with van der Waals surface area (Å²) in [6.07, 6.45) is -1.09. The van der Waals surface area contributed by atoms with E-state index in [2.05, 4.69) is 0 Å². The van der Waals surface area contributed by atoms with Crippen LogP contribution in [0, 0.1) is 0 Å². The predicted molar refractivity (Wildman–Crippen MR) is 340 cm³/mol. The molecule has 0 fully saturated rings. The molecule has 0 unspecified atom stereocenters. The normalized spacial score (nSPS) is 13.5. The Labute approximate surface area is 516 Å². The summed E-state index contributed by atoms with van der Waals surface area (Å²) in [5.41, 5.74) is 3.28. The van der Waals surface area contributed by atoms with Gasteiger partial charge in [0.05, 0.1) is 42.7 Å². The second-order valence-electron chi connectivity index (χ2n) is 24.3. The molecule has 0 aliphatic heterocycles. The summed E-state index contributed by atoms with van der Waals surface area (Å²) in [4.78, 5) is 112. The van der Waals surface area contributed by atoms with Crippen molar-refractivity contribution in [2.24, 2.45) is 0 Å². The molecule has 0 N–H and O–H groups in total. The van der Waals surface area contributed by atoms with Crippen molar-refractivity contribution in [3.05, 3.63) is 215 Å². The molecule has 6 aromatic rings. The summed E-state index contributed by atoms with van der Waals surface area (Å²) in [5.74, 6) is -2.44. The third-order valence-corrected chi connectivity index (χ3v) is 15.8. The van der Waals surface area contributed by atoms with Gasteiger partial charge in [-0.25, -0.2) is 4.79 Å². The maximum atomic E-state index is 15.4. The zero-order valence-corrected chi connectivity index (χ0v) is 53.0. The minimum absolute atomic E-state index is 0.0418. The molecule has 0 spiro atoms. The average Bonchev–Trinajstić information content (AvgIpc) is 2.17. The first-order valence-corrected chi connectivity index (χ1v) is 30.3. The van der Waals surface area contributed by atoms with Gasteiger partial charge in [-0.15, -0.1) is 0 Å². The van der Waals surface area contributed by atoms with E-state index in [4.69, 9.17) is 9.47 Å². The lowest BCUT2D eigenvalue weighted by Crippen LogP contribution is -2.49. The van der Waals surface area contributed by atoms with Gasteiger partial charge in [-0.1, -0.05) is 182 Å². The number of hydrogen-bond acceptors (Lipinski definition) is 9. The summed E-state index contributed by atoms with van der Waals surface area (Å²) < 4.78 is 11.5. The molecule has 462 valence electrons. The van der Waals surface area contributed by atoms with Crippen LogP contribution < -0.4 is 0 Å². The van der Waals surface area contributed by atoms with E-state index in [1.54, 1.807) is 56.2 Å². The SMILES string of the molecule is C[C@@H](c1ccccc1)N(CCC(=O)OC(C)(C)C)C(=O)CN(C(=O)CCN(C(=O)CN(C(=O)CCN(C(=O)CN(C(=O)OC(C)(C)C)[C@@H](C)c1ccccc1)[C@@H](C)c1ccccc1)[C@@H](C)c1ccccc1)[C@@H](C)c1ccccc1)[C@@H](C)c1ccccc1. The molecule has 6 atom stereocenters.